The normalized spacial score (nSPS) is 14.9. The Hall–Kier alpha value is -2.89. The number of ether oxygens (including phenoxy) is 1. The number of benzene rings is 1. The van der Waals surface area contributed by atoms with Gasteiger partial charge >= 0.3 is 0 Å². The second-order valence-electron chi connectivity index (χ2n) is 6.75. The van der Waals surface area contributed by atoms with Crippen LogP contribution in [-0.2, 0) is 0 Å². The molecule has 0 radical (unpaired) electrons. The molecule has 2 amide bonds. The van der Waals surface area contributed by atoms with Gasteiger partial charge in [-0.25, -0.2) is 0 Å². The quantitative estimate of drug-likeness (QED) is 0.788. The van der Waals surface area contributed by atoms with E-state index in [1.54, 1.807) is 25.3 Å². The summed E-state index contributed by atoms with van der Waals surface area (Å²) in [5, 5.41) is 5.87. The van der Waals surface area contributed by atoms with Crippen LogP contribution in [0, 0.1) is 0 Å². The number of hydrogen-bond donors (Lipinski definition) is 2. The molecule has 3 rings (SSSR count). The van der Waals surface area contributed by atoms with Gasteiger partial charge in [0, 0.05) is 17.8 Å². The van der Waals surface area contributed by atoms with Crippen LogP contribution in [0.25, 0.3) is 0 Å². The number of carbonyl (C=O) groups is 2. The van der Waals surface area contributed by atoms with Crippen LogP contribution in [0.4, 0.5) is 5.69 Å². The largest absolute Gasteiger partial charge is 0.495 e. The predicted octanol–water partition coefficient (Wildman–Crippen LogP) is 3.80. The summed E-state index contributed by atoms with van der Waals surface area (Å²) in [7, 11) is 1.54. The number of carbonyl (C=O) groups excluding carboxylic acids is 2. The summed E-state index contributed by atoms with van der Waals surface area (Å²) in [6, 6.07) is 10.5. The summed E-state index contributed by atoms with van der Waals surface area (Å²) in [5.74, 6) is 0.0207. The molecular formula is C21H25N3O3. The summed E-state index contributed by atoms with van der Waals surface area (Å²) in [4.78, 5) is 29.2. The van der Waals surface area contributed by atoms with E-state index in [4.69, 9.17) is 4.74 Å². The molecular weight excluding hydrogens is 342 g/mol. The number of methoxy groups -OCH3 is 1. The molecule has 1 aromatic carbocycles. The molecule has 0 unspecified atom stereocenters. The van der Waals surface area contributed by atoms with Crippen LogP contribution in [-0.4, -0.2) is 29.9 Å². The van der Waals surface area contributed by atoms with Crippen LogP contribution in [0.15, 0.2) is 42.6 Å². The predicted molar refractivity (Wildman–Crippen MR) is 104 cm³/mol. The fraction of sp³-hybridized carbons (Fsp3) is 0.381. The highest BCUT2D eigenvalue weighted by Gasteiger charge is 2.18. The Kier molecular flexibility index (Phi) is 6.41. The number of hydrogen-bond acceptors (Lipinski definition) is 4. The topological polar surface area (TPSA) is 80.3 Å². The SMILES string of the molecule is COc1ccccc1NC(=O)c1cc(C(=O)NC2CCCCCC2)ccn1. The molecule has 0 aliphatic heterocycles. The van der Waals surface area contributed by atoms with Crippen molar-refractivity contribution in [3.05, 3.63) is 53.9 Å². The van der Waals surface area contributed by atoms with Gasteiger partial charge in [-0.05, 0) is 37.1 Å². The maximum Gasteiger partial charge on any atom is 0.274 e. The average Bonchev–Trinajstić information content (AvgIpc) is 2.97. The molecule has 1 aliphatic rings. The van der Waals surface area contributed by atoms with Crippen LogP contribution in [0.5, 0.6) is 5.75 Å². The van der Waals surface area contributed by atoms with Gasteiger partial charge in [-0.15, -0.1) is 0 Å². The third-order valence-electron chi connectivity index (χ3n) is 4.80. The standard InChI is InChI=1S/C21H25N3O3/c1-27-19-11-7-6-10-17(19)24-21(26)18-14-15(12-13-22-18)20(25)23-16-8-4-2-3-5-9-16/h6-7,10-14,16H,2-5,8-9H2,1H3,(H,23,25)(H,24,26). The molecule has 1 aromatic heterocycles. The first-order chi connectivity index (χ1) is 13.2. The maximum atomic E-state index is 12.6. The second kappa shape index (κ2) is 9.16. The first-order valence-electron chi connectivity index (χ1n) is 9.38. The van der Waals surface area contributed by atoms with Gasteiger partial charge in [0.05, 0.1) is 12.8 Å². The van der Waals surface area contributed by atoms with Crippen LogP contribution >= 0.6 is 0 Å². The van der Waals surface area contributed by atoms with Crippen molar-refractivity contribution >= 4 is 17.5 Å². The maximum absolute atomic E-state index is 12.6. The Labute approximate surface area is 159 Å². The van der Waals surface area contributed by atoms with Crippen LogP contribution in [0.2, 0.25) is 0 Å². The number of anilines is 1. The van der Waals surface area contributed by atoms with E-state index in [1.807, 2.05) is 12.1 Å². The van der Waals surface area contributed by atoms with Gasteiger partial charge in [-0.1, -0.05) is 37.8 Å². The molecule has 0 bridgehead atoms. The Bertz CT molecular complexity index is 799. The van der Waals surface area contributed by atoms with Crippen molar-refractivity contribution in [2.24, 2.45) is 0 Å². The number of nitrogens with one attached hydrogen (secondary N) is 2. The molecule has 0 saturated heterocycles. The van der Waals surface area contributed by atoms with Gasteiger partial charge in [0.25, 0.3) is 11.8 Å². The van der Waals surface area contributed by atoms with E-state index in [1.165, 1.54) is 25.1 Å². The second-order valence-corrected chi connectivity index (χ2v) is 6.75. The van der Waals surface area contributed by atoms with E-state index >= 15 is 0 Å². The smallest absolute Gasteiger partial charge is 0.274 e. The molecule has 1 heterocycles. The zero-order valence-electron chi connectivity index (χ0n) is 15.5. The fourth-order valence-electron chi connectivity index (χ4n) is 3.32. The van der Waals surface area contributed by atoms with Crippen molar-refractivity contribution in [3.63, 3.8) is 0 Å². The highest BCUT2D eigenvalue weighted by atomic mass is 16.5. The number of nitrogens with zero attached hydrogens (tertiary/aromatic N) is 1. The van der Waals surface area contributed by atoms with Crippen molar-refractivity contribution in [2.75, 3.05) is 12.4 Å². The van der Waals surface area contributed by atoms with Gasteiger partial charge < -0.3 is 15.4 Å². The average molecular weight is 367 g/mol. The minimum Gasteiger partial charge on any atom is -0.495 e. The molecule has 142 valence electrons. The lowest BCUT2D eigenvalue weighted by atomic mass is 10.1. The highest BCUT2D eigenvalue weighted by Crippen LogP contribution is 2.23. The monoisotopic (exact) mass is 367 g/mol. The number of para-hydroxylation sites is 2. The van der Waals surface area contributed by atoms with Gasteiger partial charge in [0.1, 0.15) is 11.4 Å². The molecule has 6 nitrogen and oxygen atoms in total. The van der Waals surface area contributed by atoms with Crippen LogP contribution < -0.4 is 15.4 Å². The molecule has 6 heteroatoms. The van der Waals surface area contributed by atoms with Gasteiger partial charge in [0.15, 0.2) is 0 Å². The third kappa shape index (κ3) is 5.06. The molecule has 1 saturated carbocycles. The van der Waals surface area contributed by atoms with E-state index in [2.05, 4.69) is 15.6 Å². The summed E-state index contributed by atoms with van der Waals surface area (Å²) < 4.78 is 5.24. The molecule has 27 heavy (non-hydrogen) atoms. The van der Waals surface area contributed by atoms with E-state index in [0.717, 1.165) is 25.7 Å². The van der Waals surface area contributed by atoms with Crippen molar-refractivity contribution in [1.29, 1.82) is 0 Å². The van der Waals surface area contributed by atoms with Crippen LogP contribution in [0.3, 0.4) is 0 Å². The lowest BCUT2D eigenvalue weighted by Gasteiger charge is -2.16. The van der Waals surface area contributed by atoms with E-state index in [9.17, 15) is 9.59 Å². The summed E-state index contributed by atoms with van der Waals surface area (Å²) >= 11 is 0. The fourth-order valence-corrected chi connectivity index (χ4v) is 3.32. The molecule has 0 atom stereocenters. The summed E-state index contributed by atoms with van der Waals surface area (Å²) in [6.07, 6.45) is 8.26. The van der Waals surface area contributed by atoms with Gasteiger partial charge in [0.2, 0.25) is 0 Å². The minimum atomic E-state index is -0.386. The Morgan fingerprint density at radius 2 is 1.78 bits per heavy atom. The van der Waals surface area contributed by atoms with E-state index in [0.29, 0.717) is 17.0 Å². The molecule has 1 fully saturated rings. The molecule has 1 aliphatic carbocycles. The Morgan fingerprint density at radius 3 is 2.52 bits per heavy atom. The van der Waals surface area contributed by atoms with E-state index < -0.39 is 0 Å². The van der Waals surface area contributed by atoms with Gasteiger partial charge in [-0.2, -0.15) is 0 Å². The lowest BCUT2D eigenvalue weighted by Crippen LogP contribution is -2.34. The van der Waals surface area contributed by atoms with Crippen molar-refractivity contribution < 1.29 is 14.3 Å². The zero-order chi connectivity index (χ0) is 19.1. The summed E-state index contributed by atoms with van der Waals surface area (Å²) in [6.45, 7) is 0. The van der Waals surface area contributed by atoms with E-state index in [-0.39, 0.29) is 23.6 Å². The number of aromatic nitrogens is 1. The molecule has 2 N–H and O–H groups in total. The third-order valence-corrected chi connectivity index (χ3v) is 4.80. The molecule has 2 aromatic rings. The van der Waals surface area contributed by atoms with Gasteiger partial charge in [-0.3, -0.25) is 14.6 Å². The van der Waals surface area contributed by atoms with Crippen molar-refractivity contribution in [1.82, 2.24) is 10.3 Å². The first kappa shape index (κ1) is 18.9. The lowest BCUT2D eigenvalue weighted by molar-refractivity contribution is 0.0933. The zero-order valence-corrected chi connectivity index (χ0v) is 15.5. The first-order valence-corrected chi connectivity index (χ1v) is 9.38. The number of rotatable bonds is 5. The van der Waals surface area contributed by atoms with Crippen molar-refractivity contribution in [3.8, 4) is 5.75 Å². The molecule has 0 spiro atoms. The Morgan fingerprint density at radius 1 is 1.04 bits per heavy atom. The highest BCUT2D eigenvalue weighted by molar-refractivity contribution is 6.05. The number of amides is 2. The van der Waals surface area contributed by atoms with Crippen molar-refractivity contribution in [2.45, 2.75) is 44.6 Å². The number of pyridine rings is 1. The Balaban J connectivity index is 1.68. The van der Waals surface area contributed by atoms with Crippen LogP contribution in [0.1, 0.15) is 59.4 Å². The summed E-state index contributed by atoms with van der Waals surface area (Å²) in [5.41, 5.74) is 1.19. The minimum absolute atomic E-state index is 0.157.